The van der Waals surface area contributed by atoms with Crippen LogP contribution in [0.2, 0.25) is 0 Å². The minimum absolute atomic E-state index is 0.358. The Balaban J connectivity index is 1.97. The molecule has 0 spiro atoms. The zero-order valence-electron chi connectivity index (χ0n) is 11.4. The first kappa shape index (κ1) is 12.0. The monoisotopic (exact) mass is 280 g/mol. The Bertz CT molecular complexity index is 908. The van der Waals surface area contributed by atoms with Crippen molar-refractivity contribution >= 4 is 11.0 Å². The highest BCUT2D eigenvalue weighted by molar-refractivity contribution is 5.88. The molecule has 1 aliphatic rings. The molecule has 4 heteroatoms. The van der Waals surface area contributed by atoms with Crippen LogP contribution in [0.1, 0.15) is 5.56 Å². The van der Waals surface area contributed by atoms with Gasteiger partial charge in [0.2, 0.25) is 0 Å². The van der Waals surface area contributed by atoms with E-state index in [9.17, 15) is 4.79 Å². The molecule has 0 aliphatic carbocycles. The lowest BCUT2D eigenvalue weighted by Gasteiger charge is -2.21. The first-order valence-electron chi connectivity index (χ1n) is 6.62. The number of methoxy groups -OCH3 is 1. The van der Waals surface area contributed by atoms with Gasteiger partial charge in [-0.05, 0) is 29.8 Å². The fraction of sp³-hybridized carbons (Fsp3) is 0.118. The third kappa shape index (κ3) is 1.88. The van der Waals surface area contributed by atoms with Gasteiger partial charge in [-0.2, -0.15) is 0 Å². The van der Waals surface area contributed by atoms with Crippen molar-refractivity contribution in [3.05, 3.63) is 58.4 Å². The summed E-state index contributed by atoms with van der Waals surface area (Å²) in [5.74, 6) is 1.54. The molecule has 21 heavy (non-hydrogen) atoms. The fourth-order valence-electron chi connectivity index (χ4n) is 2.66. The standard InChI is InChI=1S/C17H12O4/c1-19-12-3-4-13-11(6-12)9-20-16-8-15-10(7-14(13)16)2-5-17(18)21-15/h2-8H,9H2,1H3. The highest BCUT2D eigenvalue weighted by Gasteiger charge is 2.19. The predicted molar refractivity (Wildman–Crippen MR) is 78.8 cm³/mol. The first-order valence-corrected chi connectivity index (χ1v) is 6.62. The number of fused-ring (bicyclic) bond motifs is 4. The molecule has 3 aromatic rings. The molecule has 1 aromatic heterocycles. The quantitative estimate of drug-likeness (QED) is 0.641. The van der Waals surface area contributed by atoms with Crippen molar-refractivity contribution in [3.8, 4) is 22.6 Å². The van der Waals surface area contributed by atoms with E-state index in [1.165, 1.54) is 6.07 Å². The maximum atomic E-state index is 11.3. The van der Waals surface area contributed by atoms with Gasteiger partial charge in [-0.15, -0.1) is 0 Å². The van der Waals surface area contributed by atoms with Crippen LogP contribution >= 0.6 is 0 Å². The van der Waals surface area contributed by atoms with Gasteiger partial charge in [0.05, 0.1) is 7.11 Å². The molecule has 0 saturated carbocycles. The molecule has 0 N–H and O–H groups in total. The second-order valence-corrected chi connectivity index (χ2v) is 4.95. The number of rotatable bonds is 1. The Morgan fingerprint density at radius 2 is 1.95 bits per heavy atom. The average Bonchev–Trinajstić information content (AvgIpc) is 2.52. The Hall–Kier alpha value is -2.75. The minimum Gasteiger partial charge on any atom is -0.497 e. The summed E-state index contributed by atoms with van der Waals surface area (Å²) >= 11 is 0. The van der Waals surface area contributed by atoms with Crippen LogP contribution in [0.4, 0.5) is 0 Å². The summed E-state index contributed by atoms with van der Waals surface area (Å²) in [6.45, 7) is 0.474. The lowest BCUT2D eigenvalue weighted by Crippen LogP contribution is -2.06. The maximum absolute atomic E-state index is 11.3. The fourth-order valence-corrected chi connectivity index (χ4v) is 2.66. The van der Waals surface area contributed by atoms with Crippen molar-refractivity contribution in [2.24, 2.45) is 0 Å². The topological polar surface area (TPSA) is 48.7 Å². The van der Waals surface area contributed by atoms with E-state index in [-0.39, 0.29) is 5.63 Å². The van der Waals surface area contributed by atoms with Crippen molar-refractivity contribution in [1.29, 1.82) is 0 Å². The van der Waals surface area contributed by atoms with E-state index in [1.54, 1.807) is 19.2 Å². The normalized spacial score (nSPS) is 12.4. The largest absolute Gasteiger partial charge is 0.497 e. The molecular weight excluding hydrogens is 268 g/mol. The maximum Gasteiger partial charge on any atom is 0.336 e. The molecule has 0 bridgehead atoms. The van der Waals surface area contributed by atoms with Gasteiger partial charge in [0, 0.05) is 28.6 Å². The van der Waals surface area contributed by atoms with E-state index in [0.29, 0.717) is 12.2 Å². The zero-order valence-corrected chi connectivity index (χ0v) is 11.4. The molecule has 2 aromatic carbocycles. The van der Waals surface area contributed by atoms with Gasteiger partial charge >= 0.3 is 5.63 Å². The van der Waals surface area contributed by atoms with E-state index < -0.39 is 0 Å². The molecule has 0 unspecified atom stereocenters. The Kier molecular flexibility index (Phi) is 2.51. The van der Waals surface area contributed by atoms with Crippen LogP contribution in [-0.2, 0) is 6.61 Å². The first-order chi connectivity index (χ1) is 10.2. The summed E-state index contributed by atoms with van der Waals surface area (Å²) in [6.07, 6.45) is 0. The molecule has 1 aliphatic heterocycles. The van der Waals surface area contributed by atoms with Gasteiger partial charge in [0.25, 0.3) is 0 Å². The van der Waals surface area contributed by atoms with Crippen LogP contribution in [0, 0.1) is 0 Å². The van der Waals surface area contributed by atoms with Crippen LogP contribution in [0.3, 0.4) is 0 Å². The van der Waals surface area contributed by atoms with Crippen LogP contribution in [0.25, 0.3) is 22.1 Å². The molecule has 0 saturated heterocycles. The molecule has 0 fully saturated rings. The lowest BCUT2D eigenvalue weighted by atomic mass is 9.95. The summed E-state index contributed by atoms with van der Waals surface area (Å²) in [7, 11) is 1.65. The molecular formula is C17H12O4. The van der Waals surface area contributed by atoms with Gasteiger partial charge in [-0.3, -0.25) is 0 Å². The van der Waals surface area contributed by atoms with Crippen LogP contribution < -0.4 is 15.1 Å². The number of hydrogen-bond acceptors (Lipinski definition) is 4. The summed E-state index contributed by atoms with van der Waals surface area (Å²) in [5, 5.41) is 0.876. The summed E-state index contributed by atoms with van der Waals surface area (Å²) in [4.78, 5) is 11.3. The van der Waals surface area contributed by atoms with Gasteiger partial charge in [-0.25, -0.2) is 4.79 Å². The smallest absolute Gasteiger partial charge is 0.336 e. The highest BCUT2D eigenvalue weighted by Crippen LogP contribution is 2.40. The summed E-state index contributed by atoms with van der Waals surface area (Å²) in [5.41, 5.74) is 3.38. The molecule has 104 valence electrons. The van der Waals surface area contributed by atoms with Gasteiger partial charge < -0.3 is 13.9 Å². The third-order valence-corrected chi connectivity index (χ3v) is 3.71. The van der Waals surface area contributed by atoms with Crippen LogP contribution in [0.5, 0.6) is 11.5 Å². The Morgan fingerprint density at radius 1 is 1.05 bits per heavy atom. The lowest BCUT2D eigenvalue weighted by molar-refractivity contribution is 0.301. The average molecular weight is 280 g/mol. The van der Waals surface area contributed by atoms with E-state index in [0.717, 1.165) is 33.6 Å². The SMILES string of the molecule is COc1ccc2c(c1)COc1cc3oc(=O)ccc3cc1-2. The molecule has 4 nitrogen and oxygen atoms in total. The summed E-state index contributed by atoms with van der Waals surface area (Å²) < 4.78 is 16.2. The molecule has 2 heterocycles. The summed E-state index contributed by atoms with van der Waals surface area (Å²) in [6, 6.07) is 12.9. The Morgan fingerprint density at radius 3 is 2.81 bits per heavy atom. The Labute approximate surface area is 120 Å². The molecule has 0 atom stereocenters. The second-order valence-electron chi connectivity index (χ2n) is 4.95. The number of hydrogen-bond donors (Lipinski definition) is 0. The molecule has 0 amide bonds. The van der Waals surface area contributed by atoms with E-state index in [2.05, 4.69) is 0 Å². The van der Waals surface area contributed by atoms with Gasteiger partial charge in [-0.1, -0.05) is 6.07 Å². The van der Waals surface area contributed by atoms with Crippen molar-refractivity contribution in [2.45, 2.75) is 6.61 Å². The predicted octanol–water partition coefficient (Wildman–Crippen LogP) is 3.36. The van der Waals surface area contributed by atoms with Crippen molar-refractivity contribution in [2.75, 3.05) is 7.11 Å². The van der Waals surface area contributed by atoms with Crippen LogP contribution in [-0.4, -0.2) is 7.11 Å². The van der Waals surface area contributed by atoms with Crippen molar-refractivity contribution < 1.29 is 13.9 Å². The minimum atomic E-state index is -0.358. The molecule has 4 rings (SSSR count). The number of benzene rings is 2. The van der Waals surface area contributed by atoms with Crippen molar-refractivity contribution in [3.63, 3.8) is 0 Å². The van der Waals surface area contributed by atoms with E-state index in [4.69, 9.17) is 13.9 Å². The van der Waals surface area contributed by atoms with E-state index in [1.807, 2.05) is 24.3 Å². The van der Waals surface area contributed by atoms with Gasteiger partial charge in [0.1, 0.15) is 23.7 Å². The zero-order chi connectivity index (χ0) is 14.4. The van der Waals surface area contributed by atoms with Gasteiger partial charge in [0.15, 0.2) is 0 Å². The third-order valence-electron chi connectivity index (χ3n) is 3.71. The van der Waals surface area contributed by atoms with Crippen molar-refractivity contribution in [1.82, 2.24) is 0 Å². The second kappa shape index (κ2) is 4.38. The highest BCUT2D eigenvalue weighted by atomic mass is 16.5. The van der Waals surface area contributed by atoms with Crippen LogP contribution in [0.15, 0.2) is 51.7 Å². The molecule has 0 radical (unpaired) electrons. The number of ether oxygens (including phenoxy) is 2. The van der Waals surface area contributed by atoms with E-state index >= 15 is 0 Å².